The molecule has 2 aliphatic heterocycles. The van der Waals surface area contributed by atoms with Crippen molar-refractivity contribution in [3.05, 3.63) is 65.3 Å². The van der Waals surface area contributed by atoms with E-state index in [1.165, 1.54) is 16.4 Å². The predicted octanol–water partition coefficient (Wildman–Crippen LogP) is 2.23. The van der Waals surface area contributed by atoms with Crippen molar-refractivity contribution in [3.8, 4) is 0 Å². The van der Waals surface area contributed by atoms with Gasteiger partial charge in [0.15, 0.2) is 5.76 Å². The Bertz CT molecular complexity index is 1100. The molecule has 2 aliphatic rings. The summed E-state index contributed by atoms with van der Waals surface area (Å²) in [5, 5.41) is 12.6. The van der Waals surface area contributed by atoms with E-state index in [-0.39, 0.29) is 29.7 Å². The van der Waals surface area contributed by atoms with Crippen LogP contribution in [-0.4, -0.2) is 49.1 Å². The van der Waals surface area contributed by atoms with Crippen LogP contribution in [0.3, 0.4) is 0 Å². The summed E-state index contributed by atoms with van der Waals surface area (Å²) in [5.41, 5.74) is 1.71. The number of hydrogen-bond acceptors (Lipinski definition) is 6. The Kier molecular flexibility index (Phi) is 6.35. The molecule has 1 amide bonds. The molecule has 1 aromatic carbocycles. The zero-order valence-corrected chi connectivity index (χ0v) is 17.8. The van der Waals surface area contributed by atoms with E-state index >= 15 is 0 Å². The number of nitrogens with zero attached hydrogens (tertiary/aromatic N) is 2. The van der Waals surface area contributed by atoms with Gasteiger partial charge in [-0.1, -0.05) is 18.2 Å². The molecule has 8 nitrogen and oxygen atoms in total. The van der Waals surface area contributed by atoms with Gasteiger partial charge >= 0.3 is 0 Å². The molecule has 31 heavy (non-hydrogen) atoms. The summed E-state index contributed by atoms with van der Waals surface area (Å²) in [5.74, 6) is 0.472. The van der Waals surface area contributed by atoms with Crippen molar-refractivity contribution in [1.29, 1.82) is 0 Å². The topological polar surface area (TPSA) is 112 Å². The van der Waals surface area contributed by atoms with Crippen LogP contribution in [0.25, 0.3) is 0 Å². The minimum Gasteiger partial charge on any atom is -0.450 e. The zero-order chi connectivity index (χ0) is 21.8. The number of hydrogen-bond donors (Lipinski definition) is 2. The van der Waals surface area contributed by atoms with Gasteiger partial charge in [0, 0.05) is 31.4 Å². The van der Waals surface area contributed by atoms with E-state index in [1.54, 1.807) is 30.6 Å². The third-order valence-electron chi connectivity index (χ3n) is 5.40. The first-order valence-corrected chi connectivity index (χ1v) is 11.7. The summed E-state index contributed by atoms with van der Waals surface area (Å²) in [6.07, 6.45) is 7.51. The van der Waals surface area contributed by atoms with Crippen LogP contribution in [-0.2, 0) is 23.0 Å². The lowest BCUT2D eigenvalue weighted by atomic mass is 10.1. The molecule has 2 N–H and O–H groups in total. The van der Waals surface area contributed by atoms with Crippen LogP contribution in [0.1, 0.15) is 46.7 Å². The maximum absolute atomic E-state index is 12.8. The molecule has 1 unspecified atom stereocenters. The van der Waals surface area contributed by atoms with Crippen LogP contribution in [0.4, 0.5) is 0 Å². The number of aliphatic imine (C=N–C) groups is 1. The van der Waals surface area contributed by atoms with E-state index in [4.69, 9.17) is 4.42 Å². The van der Waals surface area contributed by atoms with E-state index in [0.717, 1.165) is 24.0 Å². The molecule has 1 aromatic heterocycles. The predicted molar refractivity (Wildman–Crippen MR) is 115 cm³/mol. The number of aliphatic hydroxyl groups excluding tert-OH is 1. The van der Waals surface area contributed by atoms with Crippen LogP contribution in [0.5, 0.6) is 0 Å². The van der Waals surface area contributed by atoms with Crippen LogP contribution in [0, 0.1) is 0 Å². The molecule has 1 fully saturated rings. The highest BCUT2D eigenvalue weighted by Crippen LogP contribution is 2.21. The SMILES string of the molecule is O=C(NCc1ccc(S(=O)(=O)N2CCCC(O)C2)cc1)c1cc2c(o1)C=N/C=C\CC2. The number of nitrogens with one attached hydrogen (secondary N) is 1. The van der Waals surface area contributed by atoms with Crippen molar-refractivity contribution < 1.29 is 22.7 Å². The summed E-state index contributed by atoms with van der Waals surface area (Å²) in [4.78, 5) is 16.8. The standard InChI is InChI=1S/C22H25N3O5S/c26-18-5-3-11-25(15-18)31(28,29)19-8-6-16(7-9-19)13-24-22(27)20-12-17-4-1-2-10-23-14-21(17)30-20/h2,6-10,12,14,18,26H,1,3-5,11,13,15H2,(H,24,27)/b10-2-,23-14?. The van der Waals surface area contributed by atoms with Crippen LogP contribution in [0.2, 0.25) is 0 Å². The summed E-state index contributed by atoms with van der Waals surface area (Å²) in [6, 6.07) is 8.14. The van der Waals surface area contributed by atoms with Gasteiger partial charge in [0.25, 0.3) is 5.91 Å². The Morgan fingerprint density at radius 2 is 2.10 bits per heavy atom. The third-order valence-corrected chi connectivity index (χ3v) is 7.28. The van der Waals surface area contributed by atoms with Crippen molar-refractivity contribution in [1.82, 2.24) is 9.62 Å². The molecule has 1 saturated heterocycles. The Morgan fingerprint density at radius 1 is 1.29 bits per heavy atom. The number of furan rings is 1. The molecule has 0 saturated carbocycles. The second-order valence-corrected chi connectivity index (χ2v) is 9.63. The average Bonchev–Trinajstić information content (AvgIpc) is 3.14. The molecule has 0 spiro atoms. The molecule has 3 heterocycles. The summed E-state index contributed by atoms with van der Waals surface area (Å²) < 4.78 is 32.5. The van der Waals surface area contributed by atoms with Crippen molar-refractivity contribution in [3.63, 3.8) is 0 Å². The lowest BCUT2D eigenvalue weighted by Crippen LogP contribution is -2.42. The molecule has 1 atom stereocenters. The van der Waals surface area contributed by atoms with Crippen molar-refractivity contribution in [2.75, 3.05) is 13.1 Å². The van der Waals surface area contributed by atoms with Crippen molar-refractivity contribution >= 4 is 22.1 Å². The Labute approximate surface area is 181 Å². The summed E-state index contributed by atoms with van der Waals surface area (Å²) >= 11 is 0. The number of sulfonamides is 1. The highest BCUT2D eigenvalue weighted by Gasteiger charge is 2.29. The fraction of sp³-hybridized carbons (Fsp3) is 0.364. The number of benzene rings is 1. The minimum absolute atomic E-state index is 0.119. The fourth-order valence-corrected chi connectivity index (χ4v) is 5.20. The number of carbonyl (C=O) groups is 1. The molecule has 0 radical (unpaired) electrons. The first-order chi connectivity index (χ1) is 14.9. The average molecular weight is 444 g/mol. The van der Waals surface area contributed by atoms with Gasteiger partial charge in [-0.15, -0.1) is 0 Å². The van der Waals surface area contributed by atoms with Gasteiger partial charge in [0.1, 0.15) is 5.76 Å². The second kappa shape index (κ2) is 9.17. The number of aryl methyl sites for hydroxylation is 1. The lowest BCUT2D eigenvalue weighted by Gasteiger charge is -2.29. The van der Waals surface area contributed by atoms with Gasteiger partial charge in [0.05, 0.1) is 17.2 Å². The van der Waals surface area contributed by atoms with Crippen molar-refractivity contribution in [2.45, 2.75) is 43.2 Å². The number of piperidine rings is 1. The monoisotopic (exact) mass is 443 g/mol. The molecular weight excluding hydrogens is 418 g/mol. The maximum atomic E-state index is 12.8. The van der Waals surface area contributed by atoms with Crippen LogP contribution in [0.15, 0.2) is 56.9 Å². The highest BCUT2D eigenvalue weighted by atomic mass is 32.2. The van der Waals surface area contributed by atoms with Gasteiger partial charge in [-0.25, -0.2) is 8.42 Å². The summed E-state index contributed by atoms with van der Waals surface area (Å²) in [6.45, 7) is 0.766. The Balaban J connectivity index is 1.38. The van der Waals surface area contributed by atoms with E-state index < -0.39 is 16.1 Å². The molecule has 164 valence electrons. The summed E-state index contributed by atoms with van der Waals surface area (Å²) in [7, 11) is -3.64. The number of allylic oxidation sites excluding steroid dienone is 1. The number of β-amino-alcohol motifs (C(OH)–C–C–N with tert-alkyl or cyclic N) is 1. The number of fused-ring (bicyclic) bond motifs is 1. The minimum atomic E-state index is -3.64. The first kappa shape index (κ1) is 21.5. The fourth-order valence-electron chi connectivity index (χ4n) is 3.68. The molecule has 0 bridgehead atoms. The number of rotatable bonds is 5. The molecular formula is C22H25N3O5S. The van der Waals surface area contributed by atoms with E-state index in [2.05, 4.69) is 10.3 Å². The lowest BCUT2D eigenvalue weighted by molar-refractivity contribution is 0.0923. The number of amides is 1. The van der Waals surface area contributed by atoms with E-state index in [1.807, 2.05) is 6.08 Å². The quantitative estimate of drug-likeness (QED) is 0.736. The van der Waals surface area contributed by atoms with Gasteiger partial charge < -0.3 is 14.8 Å². The van der Waals surface area contributed by atoms with E-state index in [0.29, 0.717) is 25.1 Å². The number of aliphatic hydroxyl groups is 1. The maximum Gasteiger partial charge on any atom is 0.287 e. The van der Waals surface area contributed by atoms with Gasteiger partial charge in [-0.3, -0.25) is 9.79 Å². The van der Waals surface area contributed by atoms with Crippen molar-refractivity contribution in [2.24, 2.45) is 4.99 Å². The molecule has 4 rings (SSSR count). The largest absolute Gasteiger partial charge is 0.450 e. The molecule has 2 aromatic rings. The normalized spacial score (nSPS) is 20.5. The van der Waals surface area contributed by atoms with Gasteiger partial charge in [-0.05, 0) is 49.4 Å². The van der Waals surface area contributed by atoms with E-state index in [9.17, 15) is 18.3 Å². The number of carbonyl (C=O) groups excluding carboxylic acids is 1. The first-order valence-electron chi connectivity index (χ1n) is 10.3. The van der Waals surface area contributed by atoms with Gasteiger partial charge in [0.2, 0.25) is 10.0 Å². The Hall–Kier alpha value is -2.75. The Morgan fingerprint density at radius 3 is 2.87 bits per heavy atom. The second-order valence-electron chi connectivity index (χ2n) is 7.69. The smallest absolute Gasteiger partial charge is 0.287 e. The third kappa shape index (κ3) is 4.95. The van der Waals surface area contributed by atoms with Crippen LogP contribution < -0.4 is 5.32 Å². The zero-order valence-electron chi connectivity index (χ0n) is 17.0. The highest BCUT2D eigenvalue weighted by molar-refractivity contribution is 7.89. The van der Waals surface area contributed by atoms with Crippen LogP contribution >= 0.6 is 0 Å². The molecule has 9 heteroatoms. The molecule has 0 aliphatic carbocycles. The van der Waals surface area contributed by atoms with Gasteiger partial charge in [-0.2, -0.15) is 4.31 Å².